The van der Waals surface area contributed by atoms with E-state index in [1.807, 2.05) is 0 Å². The lowest BCUT2D eigenvalue weighted by Gasteiger charge is -0.270. The fourth-order valence-corrected chi connectivity index (χ4v) is 0. The second-order valence-corrected chi connectivity index (χ2v) is 0. The molecule has 0 bridgehead atoms. The average Bonchev–Trinajstić information content (AvgIpc) is 0. The number of hydrogen-bond acceptors (Lipinski definition) is 0. The van der Waals surface area contributed by atoms with Crippen LogP contribution in [0.3, 0.4) is 0 Å². The molecule has 0 atom stereocenters. The molecule has 3 heteroatoms. The minimum atomic E-state index is 0. The number of halogens is 2. The third-order valence-electron chi connectivity index (χ3n) is 0. The van der Waals surface area contributed by atoms with Crippen molar-refractivity contribution in [1.82, 2.24) is 0 Å². The Labute approximate surface area is 26.5 Å². The van der Waals surface area contributed by atoms with Crippen molar-refractivity contribution in [2.24, 2.45) is 0 Å². The summed E-state index contributed by atoms with van der Waals surface area (Å²) >= 11 is 0. The highest BCUT2D eigenvalue weighted by Gasteiger charge is 0.0814. The highest BCUT2D eigenvalue weighted by Crippen LogP contribution is 0.421. The monoisotopic (exact) mass is 70.1 g/mol. The molecule has 0 unspecified atom stereocenters. The first-order valence-electron chi connectivity index (χ1n) is 0. The van der Waals surface area contributed by atoms with E-state index in [0.29, 0.717) is 0 Å². The van der Waals surface area contributed by atoms with Crippen LogP contribution in [0.2, 0.25) is 0 Å². The molecule has 0 aliphatic rings. The van der Waals surface area contributed by atoms with Crippen LogP contribution in [0.5, 0.6) is 0 Å². The average molecular weight is 69.9 g/mol. The first kappa shape index (κ1) is 5960. The summed E-state index contributed by atoms with van der Waals surface area (Å²) in [6, 6.07) is 0. The van der Waals surface area contributed by atoms with Gasteiger partial charge in [-0.2, -0.15) is 0 Å². The Bertz CT molecular complexity index is 6.00. The molecule has 0 heterocycles. The maximum atomic E-state index is 0. The van der Waals surface area contributed by atoms with Gasteiger partial charge in [-0.3, -0.25) is 9.41 Å². The van der Waals surface area contributed by atoms with Crippen molar-refractivity contribution in [2.45, 2.75) is 7.43 Å². The summed E-state index contributed by atoms with van der Waals surface area (Å²) in [4.78, 5) is 0. The lowest BCUT2D eigenvalue weighted by Crippen LogP contribution is -0.381. The molecular weight excluding hydrogens is 60.8 g/mol. The summed E-state index contributed by atoms with van der Waals surface area (Å²) in [6.45, 7) is 0. The molecular formula is CH9BF2. The van der Waals surface area contributed by atoms with Gasteiger partial charge in [0.25, 0.3) is 0 Å². The molecule has 4 heavy (non-hydrogen) atoms. The second kappa shape index (κ2) is 1920. The van der Waals surface area contributed by atoms with Gasteiger partial charge in [-0.1, -0.05) is 7.43 Å². The fourth-order valence-electron chi connectivity index (χ4n) is 0. The van der Waals surface area contributed by atoms with Gasteiger partial charge in [-0.05, 0) is 0 Å². The zero-order valence-electron chi connectivity index (χ0n) is 0.816. The molecule has 0 rings (SSSR count). The Balaban J connectivity index is 0. The van der Waals surface area contributed by atoms with Crippen LogP contribution in [0, 0.1) is 0 Å². The van der Waals surface area contributed by atoms with Gasteiger partial charge >= 0.3 is 0 Å². The van der Waals surface area contributed by atoms with Crippen LogP contribution in [0.25, 0.3) is 0 Å². The van der Waals surface area contributed by atoms with E-state index >= 15 is 0 Å². The van der Waals surface area contributed by atoms with Crippen LogP contribution in [0.1, 0.15) is 7.43 Å². The summed E-state index contributed by atoms with van der Waals surface area (Å²) in [5, 5.41) is 0. The molecule has 0 aromatic carbocycles. The second-order valence-electron chi connectivity index (χ2n) is 0. The van der Waals surface area contributed by atoms with Gasteiger partial charge in [-0.15, -0.1) is 0 Å². The summed E-state index contributed by atoms with van der Waals surface area (Å²) in [6.07, 6.45) is 0. The molecule has 0 nitrogen and oxygen atoms in total. The topological polar surface area (TPSA) is 0 Å². The largest absolute Gasteiger partial charge is 0.269 e. The van der Waals surface area contributed by atoms with Crippen LogP contribution in [0.4, 0.5) is 9.41 Å². The molecule has 0 spiro atoms. The summed E-state index contributed by atoms with van der Waals surface area (Å²) < 4.78 is 0. The zero-order valence-corrected chi connectivity index (χ0v) is 0.816. The molecule has 0 fully saturated rings. The van der Waals surface area contributed by atoms with Gasteiger partial charge in [0.05, 0.1) is 8.41 Å². The third-order valence-corrected chi connectivity index (χ3v) is 0. The lowest BCUT2D eigenvalue weighted by atomic mass is 10.8. The van der Waals surface area contributed by atoms with Gasteiger partial charge in [0.1, 0.15) is 0 Å². The van der Waals surface area contributed by atoms with Gasteiger partial charge in [0.15, 0.2) is 0 Å². The van der Waals surface area contributed by atoms with Crippen molar-refractivity contribution >= 4 is 8.41 Å². The van der Waals surface area contributed by atoms with Gasteiger partial charge < -0.3 is 0 Å². The van der Waals surface area contributed by atoms with Crippen LogP contribution < -0.4 is 0 Å². The molecule has 0 aliphatic heterocycles. The van der Waals surface area contributed by atoms with Crippen molar-refractivity contribution in [1.29, 1.82) is 0 Å². The van der Waals surface area contributed by atoms with E-state index in [-0.39, 0.29) is 25.2 Å². The van der Waals surface area contributed by atoms with E-state index < -0.39 is 0 Å². The standard InChI is InChI=1S/CH4.BH3.2FH/h1H4;1H3;2*1H. The SMILES string of the molecule is B.C.F.F. The van der Waals surface area contributed by atoms with Gasteiger partial charge in [-0.25, -0.2) is 0 Å². The zero-order chi connectivity index (χ0) is 0. The minimum Gasteiger partial charge on any atom is -0.269 e. The van der Waals surface area contributed by atoms with Crippen molar-refractivity contribution in [2.75, 3.05) is 0 Å². The first-order valence-corrected chi connectivity index (χ1v) is 0. The summed E-state index contributed by atoms with van der Waals surface area (Å²) in [5.41, 5.74) is 0. The Hall–Kier alpha value is -0.0751. The Morgan fingerprint density at radius 3 is 0.750 bits per heavy atom. The molecule has 0 amide bonds. The molecule has 0 radical (unpaired) electrons. The predicted octanol–water partition coefficient (Wildman–Crippen LogP) is -0.243. The fraction of sp³-hybridized carbons (Fsp3) is 1.00. The maximum Gasteiger partial charge on any atom is 0.0814 e. The molecule has 0 saturated carbocycles. The summed E-state index contributed by atoms with van der Waals surface area (Å²) in [5.74, 6) is 0. The van der Waals surface area contributed by atoms with Crippen molar-refractivity contribution < 1.29 is 9.41 Å². The van der Waals surface area contributed by atoms with E-state index in [4.69, 9.17) is 0 Å². The van der Waals surface area contributed by atoms with Gasteiger partial charge in [0.2, 0.25) is 0 Å². The van der Waals surface area contributed by atoms with Crippen LogP contribution in [-0.4, -0.2) is 8.41 Å². The van der Waals surface area contributed by atoms with E-state index in [0.717, 1.165) is 0 Å². The van der Waals surface area contributed by atoms with Gasteiger partial charge in [0, 0.05) is 0 Å². The Morgan fingerprint density at radius 1 is 0.750 bits per heavy atom. The highest BCUT2D eigenvalue weighted by atomic mass is 19.0. The first-order chi connectivity index (χ1) is 0. The summed E-state index contributed by atoms with van der Waals surface area (Å²) in [7, 11) is 0. The molecule has 0 aromatic heterocycles. The Kier molecular flexibility index (Phi) is 2870000. The van der Waals surface area contributed by atoms with Crippen LogP contribution >= 0.6 is 0 Å². The lowest BCUT2D eigenvalue weighted by molar-refractivity contribution is 1.11. The van der Waals surface area contributed by atoms with Crippen molar-refractivity contribution in [3.63, 3.8) is 0 Å². The molecule has 0 N–H and O–H groups in total. The van der Waals surface area contributed by atoms with Crippen LogP contribution in [-0.2, 0) is 0 Å². The predicted molar refractivity (Wildman–Crippen MR) is 21.7 cm³/mol. The minimum absolute atomic E-state index is 0. The van der Waals surface area contributed by atoms with Crippen molar-refractivity contribution in [3.8, 4) is 0 Å². The molecule has 0 aliphatic carbocycles. The normalized spacial score (nSPS) is 0. The third kappa shape index (κ3) is 292. The highest BCUT2D eigenvalue weighted by molar-refractivity contribution is 5.75. The van der Waals surface area contributed by atoms with Crippen LogP contribution in [0.15, 0.2) is 0 Å². The van der Waals surface area contributed by atoms with E-state index in [1.54, 1.807) is 0 Å². The number of hydrogen-bond donors (Lipinski definition) is 0. The molecule has 0 aromatic rings. The quantitative estimate of drug-likeness (QED) is 0.345. The van der Waals surface area contributed by atoms with Crippen molar-refractivity contribution in [3.05, 3.63) is 0 Å². The van der Waals surface area contributed by atoms with E-state index in [1.165, 1.54) is 0 Å². The molecule has 0 saturated heterocycles. The van der Waals surface area contributed by atoms with E-state index in [9.17, 15) is 0 Å². The smallest absolute Gasteiger partial charge is 0.0814 e. The maximum absolute atomic E-state index is 0. The number of rotatable bonds is 0. The van der Waals surface area contributed by atoms with E-state index in [2.05, 4.69) is 0 Å². The molecule has 30 valence electrons. The Morgan fingerprint density at radius 2 is 0.750 bits per heavy atom.